The van der Waals surface area contributed by atoms with Gasteiger partial charge in [0.15, 0.2) is 0 Å². The minimum atomic E-state index is -0.882. The monoisotopic (exact) mass is 289 g/mol. The number of carboxylic acid groups (broad SMARTS) is 1. The number of rotatable bonds is 9. The molecule has 0 aliphatic carbocycles. The van der Waals surface area contributed by atoms with Crippen LogP contribution in [0.15, 0.2) is 0 Å². The fraction of sp³-hybridized carbons (Fsp3) is 0.750. The third kappa shape index (κ3) is 11.1. The maximum atomic E-state index is 11.4. The molecule has 8 heteroatoms. The van der Waals surface area contributed by atoms with Gasteiger partial charge in [-0.3, -0.25) is 4.79 Å². The Balaban J connectivity index is 3.68. The summed E-state index contributed by atoms with van der Waals surface area (Å²) in [6.07, 6.45) is 0.458. The highest BCUT2D eigenvalue weighted by Crippen LogP contribution is 2.25. The molecule has 0 aliphatic rings. The van der Waals surface area contributed by atoms with E-state index in [9.17, 15) is 14.4 Å². The molecule has 0 aromatic rings. The zero-order valence-corrected chi connectivity index (χ0v) is 11.9. The van der Waals surface area contributed by atoms with Gasteiger partial charge in [-0.05, 0) is 18.3 Å². The average molecular weight is 289 g/mol. The summed E-state index contributed by atoms with van der Waals surface area (Å²) < 4.78 is 4.45. The van der Waals surface area contributed by atoms with Crippen LogP contribution in [-0.2, 0) is 9.53 Å². The van der Waals surface area contributed by atoms with Crippen molar-refractivity contribution < 1.29 is 24.2 Å². The van der Waals surface area contributed by atoms with E-state index in [0.29, 0.717) is 19.4 Å². The molecule has 0 aromatic carbocycles. The molecule has 0 saturated heterocycles. The highest BCUT2D eigenvalue weighted by molar-refractivity contribution is 5.73. The van der Waals surface area contributed by atoms with E-state index >= 15 is 0 Å². The second-order valence-corrected chi connectivity index (χ2v) is 5.16. The molecule has 0 heterocycles. The van der Waals surface area contributed by atoms with Crippen molar-refractivity contribution in [2.45, 2.75) is 33.1 Å². The minimum Gasteiger partial charge on any atom is -0.481 e. The van der Waals surface area contributed by atoms with Crippen LogP contribution < -0.4 is 16.4 Å². The molecular formula is C12H23N3O5. The number of aliphatic carboxylic acids is 1. The number of nitrogens with one attached hydrogen (secondary N) is 2. The number of primary amides is 1. The molecule has 0 saturated carbocycles. The molecule has 0 bridgehead atoms. The van der Waals surface area contributed by atoms with Crippen molar-refractivity contribution in [1.82, 2.24) is 10.6 Å². The third-order valence-electron chi connectivity index (χ3n) is 2.73. The van der Waals surface area contributed by atoms with Crippen LogP contribution in [0.25, 0.3) is 0 Å². The third-order valence-corrected chi connectivity index (χ3v) is 2.73. The number of hydrogen-bond acceptors (Lipinski definition) is 4. The lowest BCUT2D eigenvalue weighted by molar-refractivity contribution is -0.137. The van der Waals surface area contributed by atoms with Gasteiger partial charge in [0.05, 0.1) is 6.54 Å². The molecule has 20 heavy (non-hydrogen) atoms. The smallest absolute Gasteiger partial charge is 0.404 e. The van der Waals surface area contributed by atoms with Crippen LogP contribution in [0.1, 0.15) is 33.1 Å². The van der Waals surface area contributed by atoms with Crippen molar-refractivity contribution in [3.05, 3.63) is 0 Å². The van der Waals surface area contributed by atoms with Gasteiger partial charge in [-0.15, -0.1) is 0 Å². The van der Waals surface area contributed by atoms with Gasteiger partial charge in [-0.2, -0.15) is 0 Å². The first-order valence-electron chi connectivity index (χ1n) is 6.39. The Morgan fingerprint density at radius 3 is 2.30 bits per heavy atom. The number of hydrogen-bond donors (Lipinski definition) is 4. The fourth-order valence-electron chi connectivity index (χ4n) is 1.46. The quantitative estimate of drug-likeness (QED) is 0.463. The van der Waals surface area contributed by atoms with Gasteiger partial charge < -0.3 is 26.2 Å². The summed E-state index contributed by atoms with van der Waals surface area (Å²) in [6, 6.07) is -0.368. The molecular weight excluding hydrogens is 266 g/mol. The molecule has 0 fully saturated rings. The largest absolute Gasteiger partial charge is 0.481 e. The number of amides is 3. The van der Waals surface area contributed by atoms with Crippen LogP contribution in [0.2, 0.25) is 0 Å². The van der Waals surface area contributed by atoms with Gasteiger partial charge in [0.2, 0.25) is 0 Å². The Morgan fingerprint density at radius 2 is 1.75 bits per heavy atom. The van der Waals surface area contributed by atoms with Crippen molar-refractivity contribution >= 4 is 18.1 Å². The normalized spacial score (nSPS) is 10.7. The summed E-state index contributed by atoms with van der Waals surface area (Å²) in [5, 5.41) is 13.8. The summed E-state index contributed by atoms with van der Waals surface area (Å²) in [6.45, 7) is 4.55. The molecule has 0 rings (SSSR count). The van der Waals surface area contributed by atoms with Crippen LogP contribution in [0.4, 0.5) is 9.59 Å². The number of nitrogens with two attached hydrogens (primary N) is 1. The van der Waals surface area contributed by atoms with Crippen molar-refractivity contribution in [2.24, 2.45) is 11.1 Å². The van der Waals surface area contributed by atoms with Gasteiger partial charge in [0.1, 0.15) is 6.61 Å². The van der Waals surface area contributed by atoms with E-state index in [-0.39, 0.29) is 31.0 Å². The second-order valence-electron chi connectivity index (χ2n) is 5.16. The average Bonchev–Trinajstić information content (AvgIpc) is 2.32. The van der Waals surface area contributed by atoms with E-state index in [1.165, 1.54) is 0 Å². The molecule has 0 unspecified atom stereocenters. The van der Waals surface area contributed by atoms with Crippen LogP contribution in [-0.4, -0.2) is 42.9 Å². The number of carboxylic acids is 1. The zero-order chi connectivity index (χ0) is 15.6. The number of urea groups is 1. The van der Waals surface area contributed by atoms with Crippen molar-refractivity contribution in [1.29, 1.82) is 0 Å². The molecule has 3 amide bonds. The zero-order valence-electron chi connectivity index (χ0n) is 11.9. The molecule has 0 aromatic heterocycles. The lowest BCUT2D eigenvalue weighted by atomic mass is 9.84. The topological polar surface area (TPSA) is 131 Å². The fourth-order valence-corrected chi connectivity index (χ4v) is 1.46. The van der Waals surface area contributed by atoms with E-state index in [1.54, 1.807) is 0 Å². The van der Waals surface area contributed by atoms with Gasteiger partial charge in [-0.1, -0.05) is 13.8 Å². The van der Waals surface area contributed by atoms with Crippen molar-refractivity contribution in [3.8, 4) is 0 Å². The lowest BCUT2D eigenvalue weighted by Gasteiger charge is -2.23. The number of carbonyl (C=O) groups is 3. The summed E-state index contributed by atoms with van der Waals surface area (Å²) in [5.74, 6) is -0.821. The summed E-state index contributed by atoms with van der Waals surface area (Å²) in [4.78, 5) is 32.1. The Kier molecular flexibility index (Phi) is 8.10. The van der Waals surface area contributed by atoms with Crippen LogP contribution in [0.5, 0.6) is 0 Å². The molecule has 0 radical (unpaired) electrons. The highest BCUT2D eigenvalue weighted by atomic mass is 16.5. The maximum absolute atomic E-state index is 11.4. The molecule has 5 N–H and O–H groups in total. The maximum Gasteiger partial charge on any atom is 0.404 e. The predicted molar refractivity (Wildman–Crippen MR) is 72.2 cm³/mol. The van der Waals surface area contributed by atoms with Gasteiger partial charge in [0, 0.05) is 13.0 Å². The first kappa shape index (κ1) is 18.0. The summed E-state index contributed by atoms with van der Waals surface area (Å²) in [7, 11) is 0. The molecule has 0 atom stereocenters. The predicted octanol–water partition coefficient (Wildman–Crippen LogP) is 0.662. The van der Waals surface area contributed by atoms with Crippen LogP contribution in [0.3, 0.4) is 0 Å². The highest BCUT2D eigenvalue weighted by Gasteiger charge is 2.19. The first-order valence-corrected chi connectivity index (χ1v) is 6.39. The second kappa shape index (κ2) is 9.00. The lowest BCUT2D eigenvalue weighted by Crippen LogP contribution is -2.39. The number of ether oxygens (including phenoxy) is 1. The van der Waals surface area contributed by atoms with E-state index < -0.39 is 12.1 Å². The van der Waals surface area contributed by atoms with E-state index in [1.807, 2.05) is 13.8 Å². The molecule has 0 spiro atoms. The van der Waals surface area contributed by atoms with Crippen LogP contribution >= 0.6 is 0 Å². The van der Waals surface area contributed by atoms with Crippen molar-refractivity contribution in [3.63, 3.8) is 0 Å². The number of carbonyl (C=O) groups excluding carboxylic acids is 2. The first-order chi connectivity index (χ1) is 9.23. The SMILES string of the molecule is CC(C)(CCNC(=O)NCCOC(N)=O)CCC(=O)O. The van der Waals surface area contributed by atoms with E-state index in [4.69, 9.17) is 10.8 Å². The van der Waals surface area contributed by atoms with E-state index in [0.717, 1.165) is 0 Å². The van der Waals surface area contributed by atoms with Crippen molar-refractivity contribution in [2.75, 3.05) is 19.7 Å². The van der Waals surface area contributed by atoms with Gasteiger partial charge in [-0.25, -0.2) is 9.59 Å². The van der Waals surface area contributed by atoms with E-state index in [2.05, 4.69) is 15.4 Å². The molecule has 8 nitrogen and oxygen atoms in total. The minimum absolute atomic E-state index is 0.0207. The Bertz CT molecular complexity index is 344. The summed E-state index contributed by atoms with van der Waals surface area (Å²) in [5.41, 5.74) is 4.60. The Labute approximate surface area is 118 Å². The van der Waals surface area contributed by atoms with Gasteiger partial charge >= 0.3 is 18.1 Å². The standard InChI is InChI=1S/C12H23N3O5/c1-12(2,4-3-9(16)17)5-6-14-11(19)15-7-8-20-10(13)18/h3-8H2,1-2H3,(H2,13,18)(H,16,17)(H2,14,15,19). The Hall–Kier alpha value is -1.99. The summed E-state index contributed by atoms with van der Waals surface area (Å²) >= 11 is 0. The molecule has 116 valence electrons. The molecule has 0 aliphatic heterocycles. The van der Waals surface area contributed by atoms with Gasteiger partial charge in [0.25, 0.3) is 0 Å². The van der Waals surface area contributed by atoms with Crippen LogP contribution in [0, 0.1) is 5.41 Å². The Morgan fingerprint density at radius 1 is 1.15 bits per heavy atom.